The van der Waals surface area contributed by atoms with E-state index in [0.29, 0.717) is 28.4 Å². The number of nitrogens with zero attached hydrogens (tertiary/aromatic N) is 1. The van der Waals surface area contributed by atoms with Gasteiger partial charge in [-0.15, -0.1) is 11.8 Å². The van der Waals surface area contributed by atoms with E-state index in [-0.39, 0.29) is 22.5 Å². The normalized spacial score (nSPS) is 11.3. The summed E-state index contributed by atoms with van der Waals surface area (Å²) < 4.78 is 26.0. The molecule has 33 heavy (non-hydrogen) atoms. The highest BCUT2D eigenvalue weighted by molar-refractivity contribution is 7.99. The average Bonchev–Trinajstić information content (AvgIpc) is 2.78. The van der Waals surface area contributed by atoms with Crippen molar-refractivity contribution in [2.75, 3.05) is 22.9 Å². The molecule has 3 aromatic rings. The van der Waals surface area contributed by atoms with Crippen LogP contribution < -0.4 is 9.62 Å². The molecule has 0 spiro atoms. The smallest absolute Gasteiger partial charge is 0.251 e. The number of carbonyl (C=O) groups is 1. The molecule has 0 radical (unpaired) electrons. The maximum Gasteiger partial charge on any atom is 0.251 e. The van der Waals surface area contributed by atoms with Crippen LogP contribution in [0.25, 0.3) is 0 Å². The molecule has 0 bridgehead atoms. The predicted molar refractivity (Wildman–Crippen MR) is 138 cm³/mol. The molecule has 0 aliphatic rings. The Morgan fingerprint density at radius 3 is 2.27 bits per heavy atom. The molecule has 0 atom stereocenters. The number of sulfonamides is 1. The fourth-order valence-corrected chi connectivity index (χ4v) is 5.19. The fraction of sp³-hybridized carbons (Fsp3) is 0.174. The number of nitrogens with one attached hydrogen (secondary N) is 1. The fourth-order valence-electron chi connectivity index (χ4n) is 2.96. The molecule has 3 rings (SSSR count). The van der Waals surface area contributed by atoms with Gasteiger partial charge in [0, 0.05) is 27.8 Å². The van der Waals surface area contributed by atoms with Crippen LogP contribution in [0.5, 0.6) is 0 Å². The van der Waals surface area contributed by atoms with E-state index in [4.69, 9.17) is 34.8 Å². The van der Waals surface area contributed by atoms with Gasteiger partial charge in [-0.2, -0.15) is 0 Å². The maximum absolute atomic E-state index is 12.4. The number of halogens is 3. The number of carbonyl (C=O) groups excluding carboxylic acids is 1. The number of rotatable bonds is 9. The zero-order valence-electron chi connectivity index (χ0n) is 17.6. The maximum atomic E-state index is 12.4. The Morgan fingerprint density at radius 2 is 1.64 bits per heavy atom. The van der Waals surface area contributed by atoms with Crippen molar-refractivity contribution in [3.63, 3.8) is 0 Å². The molecule has 3 aromatic carbocycles. The summed E-state index contributed by atoms with van der Waals surface area (Å²) >= 11 is 19.8. The van der Waals surface area contributed by atoms with Crippen molar-refractivity contribution in [1.29, 1.82) is 0 Å². The second-order valence-corrected chi connectivity index (χ2v) is 11.4. The van der Waals surface area contributed by atoms with E-state index in [1.165, 1.54) is 4.31 Å². The third-order valence-electron chi connectivity index (χ3n) is 4.61. The quantitative estimate of drug-likeness (QED) is 0.260. The first-order chi connectivity index (χ1) is 15.6. The summed E-state index contributed by atoms with van der Waals surface area (Å²) in [7, 11) is -3.62. The Balaban J connectivity index is 1.60. The molecule has 0 aliphatic carbocycles. The average molecular weight is 544 g/mol. The molecule has 0 unspecified atom stereocenters. The number of hydrogen-bond acceptors (Lipinski definition) is 4. The van der Waals surface area contributed by atoms with Crippen LogP contribution in [0.3, 0.4) is 0 Å². The summed E-state index contributed by atoms with van der Waals surface area (Å²) in [6.45, 7) is 0.557. The summed E-state index contributed by atoms with van der Waals surface area (Å²) in [5.74, 6) is 0.519. The first kappa shape index (κ1) is 25.7. The van der Waals surface area contributed by atoms with Crippen molar-refractivity contribution in [3.8, 4) is 0 Å². The highest BCUT2D eigenvalue weighted by atomic mass is 35.5. The minimum atomic E-state index is -3.62. The van der Waals surface area contributed by atoms with Gasteiger partial charge in [0.05, 0.1) is 28.5 Å². The Bertz CT molecular complexity index is 1220. The van der Waals surface area contributed by atoms with Crippen molar-refractivity contribution < 1.29 is 13.2 Å². The van der Waals surface area contributed by atoms with E-state index in [1.807, 2.05) is 24.3 Å². The van der Waals surface area contributed by atoms with Crippen LogP contribution in [0.4, 0.5) is 5.69 Å². The van der Waals surface area contributed by atoms with Crippen LogP contribution in [-0.4, -0.2) is 32.9 Å². The van der Waals surface area contributed by atoms with Gasteiger partial charge in [-0.1, -0.05) is 53.0 Å². The topological polar surface area (TPSA) is 66.5 Å². The third-order valence-corrected chi connectivity index (χ3v) is 7.81. The number of anilines is 1. The van der Waals surface area contributed by atoms with E-state index in [2.05, 4.69) is 5.32 Å². The van der Waals surface area contributed by atoms with E-state index in [1.54, 1.807) is 54.2 Å². The van der Waals surface area contributed by atoms with Gasteiger partial charge in [-0.3, -0.25) is 9.10 Å². The van der Waals surface area contributed by atoms with Crippen LogP contribution >= 0.6 is 46.6 Å². The molecule has 0 heterocycles. The van der Waals surface area contributed by atoms with Crippen molar-refractivity contribution in [2.45, 2.75) is 11.4 Å². The van der Waals surface area contributed by atoms with Gasteiger partial charge in [-0.25, -0.2) is 8.42 Å². The molecule has 5 nitrogen and oxygen atoms in total. The monoisotopic (exact) mass is 542 g/mol. The number of thioether (sulfide) groups is 1. The molecule has 1 amide bonds. The van der Waals surface area contributed by atoms with E-state index < -0.39 is 10.0 Å². The van der Waals surface area contributed by atoms with Crippen molar-refractivity contribution >= 4 is 68.2 Å². The molecule has 0 fully saturated rings. The zero-order chi connectivity index (χ0) is 24.0. The van der Waals surface area contributed by atoms with Gasteiger partial charge < -0.3 is 5.32 Å². The first-order valence-electron chi connectivity index (χ1n) is 9.82. The molecular formula is C23H21Cl3N2O3S2. The lowest BCUT2D eigenvalue weighted by molar-refractivity contribution is 0.0956. The summed E-state index contributed by atoms with van der Waals surface area (Å²) in [6, 6.07) is 19.1. The molecule has 0 saturated carbocycles. The standard InChI is InChI=1S/C23H21Cl3N2O3S2/c1-33(30,31)28(21-4-2-3-20(25)22(21)26)15-16-5-7-17(8-6-16)23(29)27-13-14-32-19-11-9-18(24)10-12-19/h2-12H,13-15H2,1H3,(H,27,29). The Labute approximate surface area is 213 Å². The molecule has 174 valence electrons. The predicted octanol–water partition coefficient (Wildman–Crippen LogP) is 6.14. The zero-order valence-corrected chi connectivity index (χ0v) is 21.5. The molecular weight excluding hydrogens is 523 g/mol. The van der Waals surface area contributed by atoms with Gasteiger partial charge in [0.15, 0.2) is 0 Å². The van der Waals surface area contributed by atoms with Gasteiger partial charge in [0.2, 0.25) is 10.0 Å². The minimum Gasteiger partial charge on any atom is -0.351 e. The van der Waals surface area contributed by atoms with E-state index >= 15 is 0 Å². The van der Waals surface area contributed by atoms with Crippen molar-refractivity contribution in [2.24, 2.45) is 0 Å². The second kappa shape index (κ2) is 11.5. The summed E-state index contributed by atoms with van der Waals surface area (Å²) in [4.78, 5) is 13.5. The molecule has 0 aromatic heterocycles. The van der Waals surface area contributed by atoms with Crippen LogP contribution in [0.15, 0.2) is 71.6 Å². The van der Waals surface area contributed by atoms with E-state index in [9.17, 15) is 13.2 Å². The molecule has 10 heteroatoms. The number of amides is 1. The summed E-state index contributed by atoms with van der Waals surface area (Å²) in [5.41, 5.74) is 1.49. The lowest BCUT2D eigenvalue weighted by Crippen LogP contribution is -2.29. The van der Waals surface area contributed by atoms with Crippen LogP contribution in [0.2, 0.25) is 15.1 Å². The third kappa shape index (κ3) is 7.29. The highest BCUT2D eigenvalue weighted by Gasteiger charge is 2.21. The number of benzene rings is 3. The van der Waals surface area contributed by atoms with Crippen LogP contribution in [-0.2, 0) is 16.6 Å². The van der Waals surface area contributed by atoms with Crippen LogP contribution in [0.1, 0.15) is 15.9 Å². The first-order valence-corrected chi connectivity index (χ1v) is 13.8. The van der Waals surface area contributed by atoms with Gasteiger partial charge in [-0.05, 0) is 54.1 Å². The lowest BCUT2D eigenvalue weighted by Gasteiger charge is -2.24. The SMILES string of the molecule is CS(=O)(=O)N(Cc1ccc(C(=O)NCCSc2ccc(Cl)cc2)cc1)c1cccc(Cl)c1Cl. The second-order valence-electron chi connectivity index (χ2n) is 7.10. The number of hydrogen-bond donors (Lipinski definition) is 1. The Hall–Kier alpha value is -1.90. The largest absolute Gasteiger partial charge is 0.351 e. The van der Waals surface area contributed by atoms with Gasteiger partial charge in [0.25, 0.3) is 5.91 Å². The Kier molecular flexibility index (Phi) is 8.95. The van der Waals surface area contributed by atoms with Crippen molar-refractivity contribution in [3.05, 3.63) is 92.9 Å². The van der Waals surface area contributed by atoms with Gasteiger partial charge >= 0.3 is 0 Å². The minimum absolute atomic E-state index is 0.0541. The molecule has 0 aliphatic heterocycles. The molecule has 0 saturated heterocycles. The van der Waals surface area contributed by atoms with Crippen LogP contribution in [0, 0.1) is 0 Å². The highest BCUT2D eigenvalue weighted by Crippen LogP contribution is 2.34. The van der Waals surface area contributed by atoms with E-state index in [0.717, 1.165) is 16.9 Å². The summed E-state index contributed by atoms with van der Waals surface area (Å²) in [6.07, 6.45) is 1.11. The molecule has 1 N–H and O–H groups in total. The lowest BCUT2D eigenvalue weighted by atomic mass is 10.1. The van der Waals surface area contributed by atoms with Crippen molar-refractivity contribution in [1.82, 2.24) is 5.32 Å². The van der Waals surface area contributed by atoms with Gasteiger partial charge in [0.1, 0.15) is 0 Å². The Morgan fingerprint density at radius 1 is 0.970 bits per heavy atom. The summed E-state index contributed by atoms with van der Waals surface area (Å²) in [5, 5.41) is 4.00.